The zero-order valence-corrected chi connectivity index (χ0v) is 10.2. The highest BCUT2D eigenvalue weighted by Crippen LogP contribution is 2.16. The molecule has 0 fully saturated rings. The summed E-state index contributed by atoms with van der Waals surface area (Å²) in [6.45, 7) is 2.20. The van der Waals surface area contributed by atoms with Gasteiger partial charge in [-0.2, -0.15) is 0 Å². The first-order valence-corrected chi connectivity index (χ1v) is 6.17. The fraction of sp³-hybridized carbons (Fsp3) is 0.333. The van der Waals surface area contributed by atoms with Crippen LogP contribution in [0, 0.1) is 6.07 Å². The van der Waals surface area contributed by atoms with E-state index >= 15 is 0 Å². The van der Waals surface area contributed by atoms with Crippen LogP contribution in [0.5, 0.6) is 0 Å². The van der Waals surface area contributed by atoms with Gasteiger partial charge in [0.25, 0.3) is 0 Å². The Morgan fingerprint density at radius 3 is 2.35 bits per heavy atom. The molecule has 0 aliphatic rings. The molecular formula is C15H17N2. The number of aromatic nitrogens is 2. The molecule has 1 aromatic carbocycles. The second-order valence-corrected chi connectivity index (χ2v) is 4.13. The maximum absolute atomic E-state index is 4.41. The molecule has 0 spiro atoms. The molecule has 0 N–H and O–H groups in total. The molecular weight excluding hydrogens is 208 g/mol. The molecule has 17 heavy (non-hydrogen) atoms. The number of benzene rings is 1. The number of hydrogen-bond donors (Lipinski definition) is 0. The van der Waals surface area contributed by atoms with Crippen LogP contribution in [0.4, 0.5) is 0 Å². The molecule has 1 radical (unpaired) electrons. The first-order valence-electron chi connectivity index (χ1n) is 6.17. The molecule has 2 rings (SSSR count). The van der Waals surface area contributed by atoms with E-state index in [2.05, 4.69) is 23.0 Å². The number of unbranched alkanes of at least 4 members (excludes halogenated alkanes) is 2. The van der Waals surface area contributed by atoms with Crippen molar-refractivity contribution in [3.05, 3.63) is 48.5 Å². The molecule has 87 valence electrons. The summed E-state index contributed by atoms with van der Waals surface area (Å²) in [6.07, 6.45) is 8.46. The third-order valence-electron chi connectivity index (χ3n) is 2.76. The van der Waals surface area contributed by atoms with Gasteiger partial charge in [0.05, 0.1) is 0 Å². The Hall–Kier alpha value is -1.70. The van der Waals surface area contributed by atoms with Crippen molar-refractivity contribution in [3.63, 3.8) is 0 Å². The zero-order valence-electron chi connectivity index (χ0n) is 10.2. The molecule has 0 aliphatic heterocycles. The van der Waals surface area contributed by atoms with Gasteiger partial charge in [0, 0.05) is 24.4 Å². The van der Waals surface area contributed by atoms with Crippen LogP contribution in [-0.4, -0.2) is 9.97 Å². The van der Waals surface area contributed by atoms with Gasteiger partial charge in [0.2, 0.25) is 0 Å². The van der Waals surface area contributed by atoms with Crippen molar-refractivity contribution in [3.8, 4) is 11.1 Å². The third-order valence-corrected chi connectivity index (χ3v) is 2.76. The minimum absolute atomic E-state index is 0.949. The highest BCUT2D eigenvalue weighted by atomic mass is 14.9. The first kappa shape index (κ1) is 11.8. The molecule has 0 saturated heterocycles. The number of nitrogens with zero attached hydrogens (tertiary/aromatic N) is 2. The highest BCUT2D eigenvalue weighted by molar-refractivity contribution is 5.60. The van der Waals surface area contributed by atoms with Crippen LogP contribution >= 0.6 is 0 Å². The Morgan fingerprint density at radius 2 is 1.71 bits per heavy atom. The topological polar surface area (TPSA) is 25.8 Å². The number of rotatable bonds is 5. The van der Waals surface area contributed by atoms with Crippen molar-refractivity contribution in [2.24, 2.45) is 0 Å². The van der Waals surface area contributed by atoms with E-state index in [-0.39, 0.29) is 0 Å². The highest BCUT2D eigenvalue weighted by Gasteiger charge is 1.99. The van der Waals surface area contributed by atoms with Crippen LogP contribution < -0.4 is 0 Å². The minimum Gasteiger partial charge on any atom is -0.241 e. The summed E-state index contributed by atoms with van der Waals surface area (Å²) < 4.78 is 0. The maximum Gasteiger partial charge on any atom is 0.128 e. The van der Waals surface area contributed by atoms with E-state index in [4.69, 9.17) is 0 Å². The molecule has 2 nitrogen and oxygen atoms in total. The number of hydrogen-bond acceptors (Lipinski definition) is 2. The Kier molecular flexibility index (Phi) is 4.25. The second kappa shape index (κ2) is 6.14. The van der Waals surface area contributed by atoms with E-state index in [9.17, 15) is 0 Å². The van der Waals surface area contributed by atoms with Gasteiger partial charge in [0.1, 0.15) is 5.82 Å². The summed E-state index contributed by atoms with van der Waals surface area (Å²) in [5.41, 5.74) is 2.21. The summed E-state index contributed by atoms with van der Waals surface area (Å²) in [4.78, 5) is 8.81. The zero-order chi connectivity index (χ0) is 11.9. The fourth-order valence-corrected chi connectivity index (χ4v) is 1.75. The van der Waals surface area contributed by atoms with Gasteiger partial charge in [0.15, 0.2) is 0 Å². The predicted molar refractivity (Wildman–Crippen MR) is 69.5 cm³/mol. The summed E-state index contributed by atoms with van der Waals surface area (Å²) in [5.74, 6) is 0.949. The average Bonchev–Trinajstić information content (AvgIpc) is 2.41. The molecule has 2 heteroatoms. The fourth-order valence-electron chi connectivity index (χ4n) is 1.75. The van der Waals surface area contributed by atoms with E-state index in [1.807, 2.05) is 36.7 Å². The van der Waals surface area contributed by atoms with Crippen LogP contribution in [0.1, 0.15) is 32.0 Å². The molecule has 0 aliphatic carbocycles. The Morgan fingerprint density at radius 1 is 1.00 bits per heavy atom. The molecule has 0 atom stereocenters. The lowest BCUT2D eigenvalue weighted by atomic mass is 10.1. The van der Waals surface area contributed by atoms with Gasteiger partial charge in [-0.15, -0.1) is 0 Å². The van der Waals surface area contributed by atoms with Gasteiger partial charge >= 0.3 is 0 Å². The van der Waals surface area contributed by atoms with Gasteiger partial charge < -0.3 is 0 Å². The van der Waals surface area contributed by atoms with Crippen molar-refractivity contribution in [1.29, 1.82) is 0 Å². The molecule has 1 heterocycles. The van der Waals surface area contributed by atoms with Crippen molar-refractivity contribution in [1.82, 2.24) is 9.97 Å². The molecule has 0 unspecified atom stereocenters. The first-order chi connectivity index (χ1) is 8.40. The van der Waals surface area contributed by atoms with E-state index < -0.39 is 0 Å². The van der Waals surface area contributed by atoms with Crippen LogP contribution in [0.15, 0.2) is 36.7 Å². The van der Waals surface area contributed by atoms with E-state index in [1.165, 1.54) is 19.3 Å². The molecule has 0 amide bonds. The predicted octanol–water partition coefficient (Wildman–Crippen LogP) is 3.68. The monoisotopic (exact) mass is 225 g/mol. The average molecular weight is 225 g/mol. The van der Waals surface area contributed by atoms with Crippen LogP contribution in [0.3, 0.4) is 0 Å². The van der Waals surface area contributed by atoms with Crippen molar-refractivity contribution < 1.29 is 0 Å². The quantitative estimate of drug-likeness (QED) is 0.725. The molecule has 2 aromatic rings. The van der Waals surface area contributed by atoms with E-state index in [0.29, 0.717) is 0 Å². The van der Waals surface area contributed by atoms with Gasteiger partial charge in [-0.05, 0) is 18.1 Å². The van der Waals surface area contributed by atoms with Crippen LogP contribution in [-0.2, 0) is 6.42 Å². The van der Waals surface area contributed by atoms with Crippen LogP contribution in [0.2, 0.25) is 0 Å². The Bertz CT molecular complexity index is 434. The van der Waals surface area contributed by atoms with Gasteiger partial charge in [-0.1, -0.05) is 44.0 Å². The summed E-state index contributed by atoms with van der Waals surface area (Å²) in [5, 5.41) is 0. The molecule has 0 saturated carbocycles. The number of aryl methyl sites for hydroxylation is 1. The van der Waals surface area contributed by atoms with Gasteiger partial charge in [-0.25, -0.2) is 9.97 Å². The second-order valence-electron chi connectivity index (χ2n) is 4.13. The summed E-state index contributed by atoms with van der Waals surface area (Å²) >= 11 is 0. The van der Waals surface area contributed by atoms with Gasteiger partial charge in [-0.3, -0.25) is 0 Å². The lowest BCUT2D eigenvalue weighted by molar-refractivity contribution is 0.693. The van der Waals surface area contributed by atoms with E-state index in [0.717, 1.165) is 23.4 Å². The standard InChI is InChI=1S/C15H17N2/c1-2-3-5-10-15-16-11-14(12-17-15)13-8-6-4-7-9-13/h6-9,11-12H,2-3,5,10H2,1H3. The molecule has 1 aromatic heterocycles. The lowest BCUT2D eigenvalue weighted by Crippen LogP contribution is -1.95. The van der Waals surface area contributed by atoms with Crippen LogP contribution in [0.25, 0.3) is 11.1 Å². The van der Waals surface area contributed by atoms with Crippen molar-refractivity contribution in [2.45, 2.75) is 32.6 Å². The van der Waals surface area contributed by atoms with Crippen molar-refractivity contribution >= 4 is 0 Å². The largest absolute Gasteiger partial charge is 0.241 e. The Balaban J connectivity index is 2.03. The summed E-state index contributed by atoms with van der Waals surface area (Å²) in [6, 6.07) is 10.9. The SMILES string of the molecule is CCCCCc1ncc(-c2cc[c]cc2)cn1. The smallest absolute Gasteiger partial charge is 0.128 e. The maximum atomic E-state index is 4.41. The lowest BCUT2D eigenvalue weighted by Gasteiger charge is -2.02. The Labute approximate surface area is 103 Å². The minimum atomic E-state index is 0.949. The molecule has 0 bridgehead atoms. The summed E-state index contributed by atoms with van der Waals surface area (Å²) in [7, 11) is 0. The normalized spacial score (nSPS) is 10.4. The third kappa shape index (κ3) is 3.38. The van der Waals surface area contributed by atoms with E-state index in [1.54, 1.807) is 0 Å². The van der Waals surface area contributed by atoms with Crippen molar-refractivity contribution in [2.75, 3.05) is 0 Å².